The average Bonchev–Trinajstić information content (AvgIpc) is 2.18. The van der Waals surface area contributed by atoms with Crippen LogP contribution in [0.1, 0.15) is 18.0 Å². The summed E-state index contributed by atoms with van der Waals surface area (Å²) in [4.78, 5) is 9.99. The van der Waals surface area contributed by atoms with Gasteiger partial charge < -0.3 is 5.73 Å². The first-order valence-electron chi connectivity index (χ1n) is 4.12. The molecular weight excluding hydrogens is 253 g/mol. The molecule has 0 aliphatic heterocycles. The third-order valence-corrected chi connectivity index (χ3v) is 2.23. The molecule has 0 amide bonds. The van der Waals surface area contributed by atoms with Gasteiger partial charge in [-0.15, -0.1) is 12.4 Å². The summed E-state index contributed by atoms with van der Waals surface area (Å²) in [6.45, 7) is 0. The lowest BCUT2D eigenvalue weighted by Crippen LogP contribution is -2.09. The van der Waals surface area contributed by atoms with Crippen molar-refractivity contribution >= 4 is 29.7 Å². The van der Waals surface area contributed by atoms with Crippen molar-refractivity contribution in [3.63, 3.8) is 0 Å². The molecule has 0 aromatic heterocycles. The van der Waals surface area contributed by atoms with E-state index < -0.39 is 11.0 Å². The number of nitrogens with two attached hydrogens (primary N) is 1. The van der Waals surface area contributed by atoms with Gasteiger partial charge >= 0.3 is 0 Å². The highest BCUT2D eigenvalue weighted by Crippen LogP contribution is 2.27. The Morgan fingerprint density at radius 3 is 2.75 bits per heavy atom. The second-order valence-electron chi connectivity index (χ2n) is 2.94. The Balaban J connectivity index is 0.00000225. The van der Waals surface area contributed by atoms with Gasteiger partial charge in [-0.1, -0.05) is 17.7 Å². The summed E-state index contributed by atoms with van der Waals surface area (Å²) in [6, 6.07) is 5.66. The Bertz CT molecular complexity index is 431. The van der Waals surface area contributed by atoms with Gasteiger partial charge in [0.05, 0.1) is 17.4 Å². The van der Waals surface area contributed by atoms with Gasteiger partial charge in [0.1, 0.15) is 5.02 Å². The van der Waals surface area contributed by atoms with Crippen LogP contribution in [0.25, 0.3) is 0 Å². The zero-order chi connectivity index (χ0) is 11.4. The first kappa shape index (κ1) is 14.6. The van der Waals surface area contributed by atoms with E-state index in [9.17, 15) is 10.1 Å². The molecule has 0 spiro atoms. The molecule has 0 bridgehead atoms. The van der Waals surface area contributed by atoms with Crippen molar-refractivity contribution in [3.8, 4) is 6.07 Å². The number of nitro benzene ring substituents is 1. The standard InChI is InChI=1S/C9H8ClN3O2.ClH/c10-7-2-1-6(8(12)3-4-11)5-9(7)13(14)15;/h1-2,5,8H,3,12H2;1H/t8-;/m0./s1. The molecule has 86 valence electrons. The molecule has 0 aliphatic carbocycles. The zero-order valence-electron chi connectivity index (χ0n) is 8.09. The van der Waals surface area contributed by atoms with E-state index in [1.165, 1.54) is 12.1 Å². The molecule has 0 aliphatic rings. The van der Waals surface area contributed by atoms with Crippen molar-refractivity contribution in [2.75, 3.05) is 0 Å². The van der Waals surface area contributed by atoms with Gasteiger partial charge in [0.15, 0.2) is 0 Å². The van der Waals surface area contributed by atoms with Crippen molar-refractivity contribution in [2.45, 2.75) is 12.5 Å². The molecule has 1 rings (SSSR count). The lowest BCUT2D eigenvalue weighted by atomic mass is 10.0. The summed E-state index contributed by atoms with van der Waals surface area (Å²) in [5.41, 5.74) is 5.98. The van der Waals surface area contributed by atoms with Crippen LogP contribution in [0.3, 0.4) is 0 Å². The summed E-state index contributed by atoms with van der Waals surface area (Å²) in [5.74, 6) is 0. The number of hydrogen-bond donors (Lipinski definition) is 1. The molecule has 16 heavy (non-hydrogen) atoms. The van der Waals surface area contributed by atoms with E-state index in [1.54, 1.807) is 6.07 Å². The van der Waals surface area contributed by atoms with E-state index in [2.05, 4.69) is 0 Å². The molecule has 1 atom stereocenters. The molecule has 1 aromatic carbocycles. The average molecular weight is 262 g/mol. The fourth-order valence-corrected chi connectivity index (χ4v) is 1.30. The van der Waals surface area contributed by atoms with Crippen LogP contribution in [-0.2, 0) is 0 Å². The molecule has 0 radical (unpaired) electrons. The molecular formula is C9H9Cl2N3O2. The smallest absolute Gasteiger partial charge is 0.288 e. The quantitative estimate of drug-likeness (QED) is 0.669. The van der Waals surface area contributed by atoms with Crippen molar-refractivity contribution in [3.05, 3.63) is 38.9 Å². The van der Waals surface area contributed by atoms with E-state index in [0.29, 0.717) is 5.56 Å². The molecule has 5 nitrogen and oxygen atoms in total. The predicted molar refractivity (Wildman–Crippen MR) is 62.5 cm³/mol. The van der Waals surface area contributed by atoms with Gasteiger partial charge in [-0.2, -0.15) is 5.26 Å². The van der Waals surface area contributed by atoms with Crippen LogP contribution in [0, 0.1) is 21.4 Å². The number of rotatable bonds is 3. The highest BCUT2D eigenvalue weighted by atomic mass is 35.5. The molecule has 0 heterocycles. The number of nitriles is 1. The van der Waals surface area contributed by atoms with Crippen LogP contribution < -0.4 is 5.73 Å². The minimum atomic E-state index is -0.578. The number of benzene rings is 1. The van der Waals surface area contributed by atoms with Gasteiger partial charge in [0.25, 0.3) is 5.69 Å². The minimum absolute atomic E-state index is 0. The number of nitrogens with zero attached hydrogens (tertiary/aromatic N) is 2. The van der Waals surface area contributed by atoms with E-state index >= 15 is 0 Å². The largest absolute Gasteiger partial charge is 0.323 e. The predicted octanol–water partition coefficient (Wildman–Crippen LogP) is 2.58. The summed E-state index contributed by atoms with van der Waals surface area (Å²) >= 11 is 5.63. The zero-order valence-corrected chi connectivity index (χ0v) is 9.66. The summed E-state index contributed by atoms with van der Waals surface area (Å²) in [7, 11) is 0. The normalized spacial score (nSPS) is 11.1. The topological polar surface area (TPSA) is 93.0 Å². The molecule has 0 saturated heterocycles. The minimum Gasteiger partial charge on any atom is -0.323 e. The van der Waals surface area contributed by atoms with Crippen molar-refractivity contribution in [2.24, 2.45) is 5.73 Å². The van der Waals surface area contributed by atoms with Crippen molar-refractivity contribution < 1.29 is 4.92 Å². The SMILES string of the molecule is Cl.N#CC[C@H](N)c1ccc(Cl)c([N+](=O)[O-])c1. The van der Waals surface area contributed by atoms with Crippen LogP contribution in [0.2, 0.25) is 5.02 Å². The summed E-state index contributed by atoms with van der Waals surface area (Å²) in [6.07, 6.45) is 0.110. The second-order valence-corrected chi connectivity index (χ2v) is 3.34. The van der Waals surface area contributed by atoms with Crippen molar-refractivity contribution in [1.82, 2.24) is 0 Å². The van der Waals surface area contributed by atoms with Crippen LogP contribution in [0.15, 0.2) is 18.2 Å². The maximum Gasteiger partial charge on any atom is 0.288 e. The van der Waals surface area contributed by atoms with E-state index in [1.807, 2.05) is 6.07 Å². The molecule has 0 saturated carbocycles. The lowest BCUT2D eigenvalue weighted by molar-refractivity contribution is -0.384. The van der Waals surface area contributed by atoms with Crippen LogP contribution in [0.5, 0.6) is 0 Å². The van der Waals surface area contributed by atoms with E-state index in [0.717, 1.165) is 0 Å². The maximum atomic E-state index is 10.6. The van der Waals surface area contributed by atoms with E-state index in [4.69, 9.17) is 22.6 Å². The molecule has 0 fully saturated rings. The Morgan fingerprint density at radius 1 is 1.62 bits per heavy atom. The van der Waals surface area contributed by atoms with Gasteiger partial charge in [-0.05, 0) is 11.6 Å². The number of nitro groups is 1. The van der Waals surface area contributed by atoms with Crippen molar-refractivity contribution in [1.29, 1.82) is 5.26 Å². The number of hydrogen-bond acceptors (Lipinski definition) is 4. The Hall–Kier alpha value is -1.35. The second kappa shape index (κ2) is 6.28. The van der Waals surface area contributed by atoms with Gasteiger partial charge in [0.2, 0.25) is 0 Å². The van der Waals surface area contributed by atoms with Gasteiger partial charge in [-0.3, -0.25) is 10.1 Å². The molecule has 1 aromatic rings. The Morgan fingerprint density at radius 2 is 2.25 bits per heavy atom. The van der Waals surface area contributed by atoms with Crippen LogP contribution in [-0.4, -0.2) is 4.92 Å². The maximum absolute atomic E-state index is 10.6. The first-order chi connectivity index (χ1) is 7.06. The molecule has 7 heteroatoms. The van der Waals surface area contributed by atoms with Crippen LogP contribution in [0.4, 0.5) is 5.69 Å². The Labute approximate surface area is 103 Å². The fourth-order valence-electron chi connectivity index (χ4n) is 1.12. The monoisotopic (exact) mass is 261 g/mol. The van der Waals surface area contributed by atoms with E-state index in [-0.39, 0.29) is 29.5 Å². The third kappa shape index (κ3) is 3.35. The molecule has 2 N–H and O–H groups in total. The third-order valence-electron chi connectivity index (χ3n) is 1.91. The first-order valence-corrected chi connectivity index (χ1v) is 4.50. The lowest BCUT2D eigenvalue weighted by Gasteiger charge is -2.07. The highest BCUT2D eigenvalue weighted by Gasteiger charge is 2.15. The summed E-state index contributed by atoms with van der Waals surface area (Å²) in [5, 5.41) is 19.1. The number of halogens is 2. The van der Waals surface area contributed by atoms with Crippen LogP contribution >= 0.6 is 24.0 Å². The highest BCUT2D eigenvalue weighted by molar-refractivity contribution is 6.32. The summed E-state index contributed by atoms with van der Waals surface area (Å²) < 4.78 is 0. The van der Waals surface area contributed by atoms with Gasteiger partial charge in [-0.25, -0.2) is 0 Å². The molecule has 0 unspecified atom stereocenters. The fraction of sp³-hybridized carbons (Fsp3) is 0.222. The van der Waals surface area contributed by atoms with Gasteiger partial charge in [0, 0.05) is 12.1 Å². The Kier molecular flexibility index (Phi) is 5.75.